The number of ether oxygens (including phenoxy) is 2. The fraction of sp³-hybridized carbons (Fsp3) is 0.286. The van der Waals surface area contributed by atoms with Gasteiger partial charge in [-0.3, -0.25) is 14.4 Å². The standard InChI is InChI=1S/C21H19F3N2O5/c1-30-17-7-3-6-16(10-17)26-11-13(8-19(26)28)20(29)31-12-18(27)25-15-5-2-4-14(9-15)21(22,23)24/h2-7,9-10,13H,8,11-12H2,1H3,(H,25,27)/t13-/m1/s1. The number of alkyl halides is 3. The van der Waals surface area contributed by atoms with Gasteiger partial charge in [-0.15, -0.1) is 0 Å². The maximum atomic E-state index is 12.7. The molecule has 2 aromatic rings. The fourth-order valence-electron chi connectivity index (χ4n) is 3.12. The maximum Gasteiger partial charge on any atom is 0.416 e. The van der Waals surface area contributed by atoms with Crippen LogP contribution in [0, 0.1) is 5.92 Å². The van der Waals surface area contributed by atoms with Gasteiger partial charge in [-0.05, 0) is 30.3 Å². The minimum absolute atomic E-state index is 0.0730. The second kappa shape index (κ2) is 9.07. The van der Waals surface area contributed by atoms with Crippen molar-refractivity contribution in [3.63, 3.8) is 0 Å². The lowest BCUT2D eigenvalue weighted by Gasteiger charge is -2.17. The molecule has 10 heteroatoms. The van der Waals surface area contributed by atoms with Gasteiger partial charge in [-0.1, -0.05) is 12.1 Å². The number of methoxy groups -OCH3 is 1. The highest BCUT2D eigenvalue weighted by molar-refractivity contribution is 6.00. The zero-order valence-electron chi connectivity index (χ0n) is 16.4. The summed E-state index contributed by atoms with van der Waals surface area (Å²) in [5.41, 5.74) is -0.414. The van der Waals surface area contributed by atoms with Crippen molar-refractivity contribution in [3.05, 3.63) is 54.1 Å². The average molecular weight is 436 g/mol. The molecule has 0 spiro atoms. The summed E-state index contributed by atoms with van der Waals surface area (Å²) in [5.74, 6) is -2.01. The quantitative estimate of drug-likeness (QED) is 0.703. The number of carbonyl (C=O) groups excluding carboxylic acids is 3. The Morgan fingerprint density at radius 3 is 2.61 bits per heavy atom. The van der Waals surface area contributed by atoms with E-state index in [9.17, 15) is 27.6 Å². The highest BCUT2D eigenvalue weighted by atomic mass is 19.4. The second-order valence-electron chi connectivity index (χ2n) is 6.84. The van der Waals surface area contributed by atoms with Gasteiger partial charge in [-0.25, -0.2) is 0 Å². The predicted molar refractivity (Wildman–Crippen MR) is 104 cm³/mol. The van der Waals surface area contributed by atoms with Crippen molar-refractivity contribution in [2.24, 2.45) is 5.92 Å². The molecule has 0 aromatic heterocycles. The molecule has 1 N–H and O–H groups in total. The van der Waals surface area contributed by atoms with Gasteiger partial charge in [-0.2, -0.15) is 13.2 Å². The molecule has 31 heavy (non-hydrogen) atoms. The Hall–Kier alpha value is -3.56. The van der Waals surface area contributed by atoms with Crippen LogP contribution in [-0.4, -0.2) is 38.0 Å². The molecule has 1 saturated heterocycles. The van der Waals surface area contributed by atoms with Crippen molar-refractivity contribution in [1.29, 1.82) is 0 Å². The van der Waals surface area contributed by atoms with Gasteiger partial charge in [0.05, 0.1) is 18.6 Å². The molecule has 0 radical (unpaired) electrons. The molecule has 2 aromatic carbocycles. The summed E-state index contributed by atoms with van der Waals surface area (Å²) in [6.45, 7) is -0.598. The third-order valence-corrected chi connectivity index (χ3v) is 4.64. The van der Waals surface area contributed by atoms with Crippen molar-refractivity contribution in [3.8, 4) is 5.75 Å². The minimum atomic E-state index is -4.54. The van der Waals surface area contributed by atoms with Gasteiger partial charge < -0.3 is 19.7 Å². The van der Waals surface area contributed by atoms with Crippen LogP contribution in [0.4, 0.5) is 24.5 Å². The van der Waals surface area contributed by atoms with Crippen LogP contribution in [0.2, 0.25) is 0 Å². The number of hydrogen-bond donors (Lipinski definition) is 1. The minimum Gasteiger partial charge on any atom is -0.497 e. The molecule has 0 bridgehead atoms. The molecule has 164 valence electrons. The van der Waals surface area contributed by atoms with Gasteiger partial charge in [0.15, 0.2) is 6.61 Å². The maximum absolute atomic E-state index is 12.7. The first kappa shape index (κ1) is 22.1. The molecule has 3 rings (SSSR count). The number of anilines is 2. The highest BCUT2D eigenvalue weighted by Gasteiger charge is 2.36. The van der Waals surface area contributed by atoms with Crippen molar-refractivity contribution >= 4 is 29.2 Å². The number of carbonyl (C=O) groups is 3. The van der Waals surface area contributed by atoms with Crippen molar-refractivity contribution in [1.82, 2.24) is 0 Å². The summed E-state index contributed by atoms with van der Waals surface area (Å²) in [5, 5.41) is 2.25. The largest absolute Gasteiger partial charge is 0.497 e. The predicted octanol–water partition coefficient (Wildman–Crippen LogP) is 3.25. The van der Waals surface area contributed by atoms with E-state index in [1.807, 2.05) is 0 Å². The van der Waals surface area contributed by atoms with Crippen LogP contribution in [0.15, 0.2) is 48.5 Å². The van der Waals surface area contributed by atoms with Crippen molar-refractivity contribution in [2.45, 2.75) is 12.6 Å². The van der Waals surface area contributed by atoms with Gasteiger partial charge >= 0.3 is 12.1 Å². The van der Waals surface area contributed by atoms with Crippen LogP contribution in [0.3, 0.4) is 0 Å². The van der Waals surface area contributed by atoms with Crippen molar-refractivity contribution < 1.29 is 37.0 Å². The Kier molecular flexibility index (Phi) is 6.47. The molecular weight excluding hydrogens is 417 g/mol. The highest BCUT2D eigenvalue weighted by Crippen LogP contribution is 2.31. The second-order valence-corrected chi connectivity index (χ2v) is 6.84. The first-order valence-corrected chi connectivity index (χ1v) is 9.25. The van der Waals surface area contributed by atoms with Crippen LogP contribution in [0.5, 0.6) is 5.75 Å². The van der Waals surface area contributed by atoms with Crippen LogP contribution in [-0.2, 0) is 25.3 Å². The third kappa shape index (κ3) is 5.53. The normalized spacial score (nSPS) is 16.2. The number of amides is 2. The molecule has 1 atom stereocenters. The van der Waals surface area contributed by atoms with E-state index in [1.54, 1.807) is 24.3 Å². The molecular formula is C21H19F3N2O5. The van der Waals surface area contributed by atoms with E-state index in [-0.39, 0.29) is 24.6 Å². The number of nitrogens with zero attached hydrogens (tertiary/aromatic N) is 1. The van der Waals surface area contributed by atoms with E-state index >= 15 is 0 Å². The molecule has 0 unspecified atom stereocenters. The summed E-state index contributed by atoms with van der Waals surface area (Å²) in [6, 6.07) is 10.9. The van der Waals surface area contributed by atoms with Gasteiger partial charge in [0.2, 0.25) is 5.91 Å². The summed E-state index contributed by atoms with van der Waals surface area (Å²) in [4.78, 5) is 37.9. The van der Waals surface area contributed by atoms with Crippen molar-refractivity contribution in [2.75, 3.05) is 30.5 Å². The van der Waals surface area contributed by atoms with Gasteiger partial charge in [0.25, 0.3) is 5.91 Å². The molecule has 1 aliphatic heterocycles. The van der Waals surface area contributed by atoms with E-state index in [4.69, 9.17) is 9.47 Å². The Labute approximate surface area is 175 Å². The molecule has 1 fully saturated rings. The fourth-order valence-corrected chi connectivity index (χ4v) is 3.12. The Morgan fingerprint density at radius 2 is 1.90 bits per heavy atom. The van der Waals surface area contributed by atoms with E-state index < -0.39 is 36.1 Å². The third-order valence-electron chi connectivity index (χ3n) is 4.64. The molecule has 0 saturated carbocycles. The molecule has 0 aliphatic carbocycles. The first-order valence-electron chi connectivity index (χ1n) is 9.25. The molecule has 2 amide bonds. The first-order chi connectivity index (χ1) is 14.7. The van der Waals surface area contributed by atoms with E-state index in [1.165, 1.54) is 18.1 Å². The van der Waals surface area contributed by atoms with Gasteiger partial charge in [0, 0.05) is 30.4 Å². The lowest BCUT2D eigenvalue weighted by atomic mass is 10.1. The van der Waals surface area contributed by atoms with E-state index in [0.29, 0.717) is 11.4 Å². The Balaban J connectivity index is 1.54. The Bertz CT molecular complexity index is 993. The van der Waals surface area contributed by atoms with Crippen LogP contribution < -0.4 is 15.0 Å². The molecule has 1 heterocycles. The number of rotatable bonds is 6. The zero-order chi connectivity index (χ0) is 22.6. The SMILES string of the molecule is COc1cccc(N2C[C@H](C(=O)OCC(=O)Nc3cccc(C(F)(F)F)c3)CC2=O)c1. The molecule has 7 nitrogen and oxygen atoms in total. The van der Waals surface area contributed by atoms with Crippen LogP contribution in [0.25, 0.3) is 0 Å². The summed E-state index contributed by atoms with van der Waals surface area (Å²) in [7, 11) is 1.50. The lowest BCUT2D eigenvalue weighted by molar-refractivity contribution is -0.151. The summed E-state index contributed by atoms with van der Waals surface area (Å²) < 4.78 is 48.3. The smallest absolute Gasteiger partial charge is 0.416 e. The number of halogens is 3. The number of hydrogen-bond acceptors (Lipinski definition) is 5. The van der Waals surface area contributed by atoms with E-state index in [2.05, 4.69) is 5.32 Å². The van der Waals surface area contributed by atoms with Crippen LogP contribution >= 0.6 is 0 Å². The summed E-state index contributed by atoms with van der Waals surface area (Å²) in [6.07, 6.45) is -4.62. The number of benzene rings is 2. The number of esters is 1. The monoisotopic (exact) mass is 436 g/mol. The topological polar surface area (TPSA) is 84.9 Å². The summed E-state index contributed by atoms with van der Waals surface area (Å²) >= 11 is 0. The lowest BCUT2D eigenvalue weighted by Crippen LogP contribution is -2.28. The van der Waals surface area contributed by atoms with Crippen LogP contribution in [0.1, 0.15) is 12.0 Å². The molecule has 1 aliphatic rings. The average Bonchev–Trinajstić information content (AvgIpc) is 3.13. The number of nitrogens with one attached hydrogen (secondary N) is 1. The van der Waals surface area contributed by atoms with E-state index in [0.717, 1.165) is 18.2 Å². The zero-order valence-corrected chi connectivity index (χ0v) is 16.4. The van der Waals surface area contributed by atoms with Gasteiger partial charge in [0.1, 0.15) is 5.75 Å². The Morgan fingerprint density at radius 1 is 1.16 bits per heavy atom.